The van der Waals surface area contributed by atoms with Gasteiger partial charge in [-0.1, -0.05) is 315 Å². The fourth-order valence-corrected chi connectivity index (χ4v) is 12.8. The summed E-state index contributed by atoms with van der Waals surface area (Å²) >= 11 is 0. The van der Waals surface area contributed by atoms with E-state index >= 15 is 0 Å². The van der Waals surface area contributed by atoms with Crippen LogP contribution in [-0.2, 0) is 0 Å². The Kier molecular flexibility index (Phi) is 12.3. The Bertz CT molecular complexity index is 4620. The van der Waals surface area contributed by atoms with Crippen LogP contribution in [0.2, 0.25) is 0 Å². The minimum atomic E-state index is 1.18. The van der Waals surface area contributed by atoms with E-state index in [4.69, 9.17) is 0 Å². The van der Waals surface area contributed by atoms with Crippen molar-refractivity contribution in [3.63, 3.8) is 0 Å². The second-order valence-electron chi connectivity index (χ2n) is 21.4. The molecule has 0 amide bonds. The molecule has 0 unspecified atom stereocenters. The van der Waals surface area contributed by atoms with Crippen LogP contribution in [0.4, 0.5) is 0 Å². The molecule has 382 valence electrons. The maximum absolute atomic E-state index is 2.50. The van der Waals surface area contributed by atoms with E-state index in [0.29, 0.717) is 0 Å². The van der Waals surface area contributed by atoms with Crippen molar-refractivity contribution < 1.29 is 0 Å². The minimum Gasteiger partial charge on any atom is -0.0622 e. The highest BCUT2D eigenvalue weighted by Crippen LogP contribution is 2.52. The van der Waals surface area contributed by atoms with Crippen LogP contribution in [0.5, 0.6) is 0 Å². The predicted molar refractivity (Wildman–Crippen MR) is 350 cm³/mol. The topological polar surface area (TPSA) is 0 Å². The average molecular weight is 1040 g/mol. The smallest absolute Gasteiger partial charge is 0.00139 e. The molecule has 15 aromatic carbocycles. The summed E-state index contributed by atoms with van der Waals surface area (Å²) in [6.07, 6.45) is 0. The van der Waals surface area contributed by atoms with E-state index in [1.165, 1.54) is 155 Å². The molecular weight excluding hydrogens is 985 g/mol. The molecule has 0 saturated heterocycles. The van der Waals surface area contributed by atoms with Crippen molar-refractivity contribution >= 4 is 32.3 Å². The van der Waals surface area contributed by atoms with Gasteiger partial charge in [0.05, 0.1) is 0 Å². The normalized spacial score (nSPS) is 11.4. The van der Waals surface area contributed by atoms with Crippen molar-refractivity contribution in [1.82, 2.24) is 0 Å². The van der Waals surface area contributed by atoms with E-state index in [1.54, 1.807) is 0 Å². The van der Waals surface area contributed by atoms with Gasteiger partial charge in [0, 0.05) is 0 Å². The summed E-state index contributed by atoms with van der Waals surface area (Å²) in [7, 11) is 0. The van der Waals surface area contributed by atoms with E-state index in [-0.39, 0.29) is 0 Å². The lowest BCUT2D eigenvalue weighted by molar-refractivity contribution is 1.57. The van der Waals surface area contributed by atoms with Crippen LogP contribution in [0, 0.1) is 0 Å². The molecule has 0 N–H and O–H groups in total. The van der Waals surface area contributed by atoms with Gasteiger partial charge in [-0.25, -0.2) is 0 Å². The largest absolute Gasteiger partial charge is 0.0622 e. The Morgan fingerprint density at radius 3 is 0.524 bits per heavy atom. The highest BCUT2D eigenvalue weighted by molar-refractivity contribution is 6.33. The summed E-state index contributed by atoms with van der Waals surface area (Å²) in [5.41, 5.74) is 26.3. The molecule has 0 aliphatic heterocycles. The van der Waals surface area contributed by atoms with Gasteiger partial charge in [0.15, 0.2) is 0 Å². The Hall–Kier alpha value is -10.7. The van der Waals surface area contributed by atoms with Gasteiger partial charge in [-0.15, -0.1) is 0 Å². The second kappa shape index (κ2) is 20.9. The standard InChI is InChI=1S/C82H54/c1-5-21-55(22-6-1)58-37-43-62(44-38-58)66-30-14-18-34-70(66)78-53-77(69-33-17-13-29-65(69)61-27-11-4-12-28-61)73-49-50-75-79(71-35-19-15-31-67(71)63-45-39-59(40-46-63)56-23-7-2-8-24-56)54-80(76-52-51-74(78)81(73)82(75)76)72-36-20-16-32-68(72)64-47-41-60(42-48-64)57-25-9-3-10-26-57/h1-54H. The molecule has 0 heterocycles. The number of hydrogen-bond acceptors (Lipinski definition) is 0. The maximum atomic E-state index is 2.50. The lowest BCUT2D eigenvalue weighted by Crippen LogP contribution is -1.97. The van der Waals surface area contributed by atoms with Gasteiger partial charge in [-0.3, -0.25) is 0 Å². The lowest BCUT2D eigenvalue weighted by atomic mass is 9.79. The van der Waals surface area contributed by atoms with Crippen LogP contribution in [0.3, 0.4) is 0 Å². The zero-order chi connectivity index (χ0) is 54.3. The summed E-state index contributed by atoms with van der Waals surface area (Å²) in [6.45, 7) is 0. The van der Waals surface area contributed by atoms with Gasteiger partial charge >= 0.3 is 0 Å². The van der Waals surface area contributed by atoms with Crippen molar-refractivity contribution in [2.75, 3.05) is 0 Å². The Morgan fingerprint density at radius 2 is 0.280 bits per heavy atom. The third kappa shape index (κ3) is 8.66. The zero-order valence-corrected chi connectivity index (χ0v) is 45.2. The first-order chi connectivity index (χ1) is 40.7. The van der Waals surface area contributed by atoms with Crippen molar-refractivity contribution in [1.29, 1.82) is 0 Å². The second-order valence-corrected chi connectivity index (χ2v) is 21.4. The molecule has 0 aromatic heterocycles. The molecule has 0 radical (unpaired) electrons. The van der Waals surface area contributed by atoms with Crippen molar-refractivity contribution in [3.05, 3.63) is 328 Å². The Labute approximate surface area is 479 Å². The predicted octanol–water partition coefficient (Wildman–Crippen LogP) is 22.9. The van der Waals surface area contributed by atoms with Gasteiger partial charge < -0.3 is 0 Å². The Morgan fingerprint density at radius 1 is 0.110 bits per heavy atom. The maximum Gasteiger partial charge on any atom is -0.00139 e. The fraction of sp³-hybridized carbons (Fsp3) is 0. The van der Waals surface area contributed by atoms with Crippen LogP contribution in [0.25, 0.3) is 155 Å². The minimum absolute atomic E-state index is 1.18. The molecule has 82 heavy (non-hydrogen) atoms. The third-order valence-electron chi connectivity index (χ3n) is 16.8. The fourth-order valence-electron chi connectivity index (χ4n) is 12.8. The monoisotopic (exact) mass is 1040 g/mol. The number of hydrogen-bond donors (Lipinski definition) is 0. The molecule has 0 atom stereocenters. The summed E-state index contributed by atoms with van der Waals surface area (Å²) in [4.78, 5) is 0. The summed E-state index contributed by atoms with van der Waals surface area (Å²) < 4.78 is 0. The summed E-state index contributed by atoms with van der Waals surface area (Å²) in [6, 6.07) is 121. The van der Waals surface area contributed by atoms with Crippen LogP contribution < -0.4 is 0 Å². The highest BCUT2D eigenvalue weighted by atomic mass is 14.3. The van der Waals surface area contributed by atoms with Gasteiger partial charge in [0.1, 0.15) is 0 Å². The zero-order valence-electron chi connectivity index (χ0n) is 45.2. The van der Waals surface area contributed by atoms with Gasteiger partial charge in [-0.2, -0.15) is 0 Å². The molecule has 0 fully saturated rings. The molecule has 0 saturated carbocycles. The summed E-state index contributed by atoms with van der Waals surface area (Å²) in [5.74, 6) is 0. The van der Waals surface area contributed by atoms with E-state index < -0.39 is 0 Å². The van der Waals surface area contributed by atoms with Gasteiger partial charge in [-0.05, 0) is 167 Å². The van der Waals surface area contributed by atoms with Crippen LogP contribution in [0.15, 0.2) is 328 Å². The van der Waals surface area contributed by atoms with Crippen molar-refractivity contribution in [2.45, 2.75) is 0 Å². The van der Waals surface area contributed by atoms with Gasteiger partial charge in [0.25, 0.3) is 0 Å². The van der Waals surface area contributed by atoms with Crippen LogP contribution in [-0.4, -0.2) is 0 Å². The molecule has 0 bridgehead atoms. The first-order valence-corrected chi connectivity index (χ1v) is 28.4. The first kappa shape index (κ1) is 48.5. The highest BCUT2D eigenvalue weighted by Gasteiger charge is 2.25. The molecule has 0 aliphatic rings. The lowest BCUT2D eigenvalue weighted by Gasteiger charge is -2.24. The van der Waals surface area contributed by atoms with E-state index in [1.807, 2.05) is 0 Å². The van der Waals surface area contributed by atoms with E-state index in [0.717, 1.165) is 0 Å². The molecule has 0 heteroatoms. The molecular formula is C82H54. The van der Waals surface area contributed by atoms with E-state index in [9.17, 15) is 0 Å². The summed E-state index contributed by atoms with van der Waals surface area (Å²) in [5, 5.41) is 7.41. The van der Waals surface area contributed by atoms with Crippen LogP contribution >= 0.6 is 0 Å². The van der Waals surface area contributed by atoms with Gasteiger partial charge in [0.2, 0.25) is 0 Å². The molecule has 0 spiro atoms. The van der Waals surface area contributed by atoms with Crippen LogP contribution in [0.1, 0.15) is 0 Å². The molecule has 0 nitrogen and oxygen atoms in total. The molecule has 15 rings (SSSR count). The SMILES string of the molecule is c1ccc(-c2ccc(-c3ccccc3-c3cc(-c4ccccc4-c4ccccc4)c4ccc5c(-c6ccccc6-c6ccc(-c7ccccc7)cc6)cc(-c6ccccc6-c6ccc(-c7ccccc7)cc6)c6ccc3c4c56)cc2)cc1. The number of rotatable bonds is 11. The van der Waals surface area contributed by atoms with Crippen molar-refractivity contribution in [2.24, 2.45) is 0 Å². The quantitative estimate of drug-likeness (QED) is 0.113. The van der Waals surface area contributed by atoms with E-state index in [2.05, 4.69) is 328 Å². The average Bonchev–Trinajstić information content (AvgIpc) is 2.12. The number of benzene rings is 15. The molecule has 0 aliphatic carbocycles. The Balaban J connectivity index is 1.02. The molecule has 15 aromatic rings. The third-order valence-corrected chi connectivity index (χ3v) is 16.8. The first-order valence-electron chi connectivity index (χ1n) is 28.4. The van der Waals surface area contributed by atoms with Crippen molar-refractivity contribution in [3.8, 4) is 122 Å².